The van der Waals surface area contributed by atoms with Gasteiger partial charge in [-0.3, -0.25) is 24.2 Å². The average molecular weight is 457 g/mol. The van der Waals surface area contributed by atoms with Crippen molar-refractivity contribution in [3.63, 3.8) is 0 Å². The van der Waals surface area contributed by atoms with Gasteiger partial charge in [-0.15, -0.1) is 0 Å². The largest absolute Gasteiger partial charge is 0.338 e. The normalized spacial score (nSPS) is 16.4. The van der Waals surface area contributed by atoms with Gasteiger partial charge in [-0.25, -0.2) is 0 Å². The molecule has 0 radical (unpaired) electrons. The van der Waals surface area contributed by atoms with Crippen molar-refractivity contribution < 1.29 is 14.4 Å². The Morgan fingerprint density at radius 1 is 1.09 bits per heavy atom. The first-order chi connectivity index (χ1) is 16.4. The van der Waals surface area contributed by atoms with Crippen LogP contribution in [0.2, 0.25) is 0 Å². The summed E-state index contributed by atoms with van der Waals surface area (Å²) in [5, 5.41) is 5.37. The smallest absolute Gasteiger partial charge is 0.258 e. The van der Waals surface area contributed by atoms with Gasteiger partial charge in [0.2, 0.25) is 17.8 Å². The number of carbonyl (C=O) groups is 3. The molecule has 0 fully saturated rings. The molecule has 9 heteroatoms. The highest BCUT2D eigenvalue weighted by Gasteiger charge is 2.37. The lowest BCUT2D eigenvalue weighted by Gasteiger charge is -2.29. The first kappa shape index (κ1) is 21.6. The number of hydrogen-bond acceptors (Lipinski definition) is 6. The van der Waals surface area contributed by atoms with Crippen molar-refractivity contribution in [1.82, 2.24) is 9.97 Å². The van der Waals surface area contributed by atoms with Crippen LogP contribution in [0.3, 0.4) is 0 Å². The molecule has 0 saturated heterocycles. The maximum absolute atomic E-state index is 12.9. The van der Waals surface area contributed by atoms with Crippen molar-refractivity contribution in [3.8, 4) is 0 Å². The number of aromatic nitrogens is 2. The Kier molecular flexibility index (Phi) is 5.45. The molecule has 0 spiro atoms. The van der Waals surface area contributed by atoms with Crippen LogP contribution >= 0.6 is 0 Å². The molecular weight excluding hydrogens is 434 g/mol. The van der Waals surface area contributed by atoms with Gasteiger partial charge in [0, 0.05) is 30.8 Å². The van der Waals surface area contributed by atoms with Crippen molar-refractivity contribution in [2.45, 2.75) is 32.2 Å². The second-order valence-electron chi connectivity index (χ2n) is 8.52. The zero-order valence-corrected chi connectivity index (χ0v) is 18.6. The molecule has 1 aromatic heterocycles. The molecule has 2 aliphatic rings. The van der Waals surface area contributed by atoms with E-state index in [1.807, 2.05) is 17.0 Å². The number of fused-ring (bicyclic) bond motifs is 2. The molecular formula is C25H23N5O4. The summed E-state index contributed by atoms with van der Waals surface area (Å²) in [6.07, 6.45) is 0.633. The van der Waals surface area contributed by atoms with Crippen LogP contribution in [0.4, 0.5) is 17.5 Å². The fraction of sp³-hybridized carbons (Fsp3) is 0.240. The molecule has 5 rings (SSSR count). The van der Waals surface area contributed by atoms with Gasteiger partial charge in [-0.1, -0.05) is 24.3 Å². The monoisotopic (exact) mass is 457 g/mol. The minimum Gasteiger partial charge on any atom is -0.338 e. The number of hydrogen-bond donors (Lipinski definition) is 3. The van der Waals surface area contributed by atoms with Crippen molar-refractivity contribution in [1.29, 1.82) is 0 Å². The number of nitrogens with one attached hydrogen (secondary N) is 3. The van der Waals surface area contributed by atoms with Gasteiger partial charge in [-0.05, 0) is 48.7 Å². The van der Waals surface area contributed by atoms with Crippen LogP contribution < -0.4 is 21.1 Å². The second-order valence-corrected chi connectivity index (χ2v) is 8.52. The third kappa shape index (κ3) is 4.07. The van der Waals surface area contributed by atoms with Gasteiger partial charge >= 0.3 is 0 Å². The van der Waals surface area contributed by atoms with Gasteiger partial charge in [0.1, 0.15) is 5.82 Å². The summed E-state index contributed by atoms with van der Waals surface area (Å²) in [6, 6.07) is 14.6. The number of H-pyrrole nitrogens is 1. The lowest BCUT2D eigenvalue weighted by molar-refractivity contribution is -0.122. The number of carbonyl (C=O) groups excluding carboxylic acids is 3. The molecule has 2 aromatic carbocycles. The summed E-state index contributed by atoms with van der Waals surface area (Å²) in [7, 11) is 0. The number of ketones is 1. The van der Waals surface area contributed by atoms with Gasteiger partial charge in [0.15, 0.2) is 5.78 Å². The Morgan fingerprint density at radius 2 is 1.82 bits per heavy atom. The van der Waals surface area contributed by atoms with Crippen LogP contribution in [0.5, 0.6) is 0 Å². The van der Waals surface area contributed by atoms with E-state index in [4.69, 9.17) is 0 Å². The number of amides is 2. The predicted octanol–water partition coefficient (Wildman–Crippen LogP) is 2.60. The summed E-state index contributed by atoms with van der Waals surface area (Å²) in [5.74, 6) is -1.26. The minimum absolute atomic E-state index is 0.0723. The Balaban J connectivity index is 1.32. The van der Waals surface area contributed by atoms with E-state index >= 15 is 0 Å². The molecule has 172 valence electrons. The maximum atomic E-state index is 12.9. The van der Waals surface area contributed by atoms with Gasteiger partial charge in [-0.2, -0.15) is 4.98 Å². The third-order valence-corrected chi connectivity index (χ3v) is 6.24. The molecule has 0 saturated carbocycles. The highest BCUT2D eigenvalue weighted by molar-refractivity contribution is 6.05. The number of Topliss-reactive ketones (excluding diaryl/α,β-unsaturated/α-hetero) is 1. The molecule has 1 atom stereocenters. The molecule has 9 nitrogen and oxygen atoms in total. The van der Waals surface area contributed by atoms with E-state index in [1.54, 1.807) is 24.3 Å². The molecule has 0 unspecified atom stereocenters. The SMILES string of the molecule is CC(=O)c1ccc(NC(=O)C[C@@H]2C(=O)Nc3nc(N4CCc5ccccc5C4)[nH]c(=O)c32)cc1. The van der Waals surface area contributed by atoms with Crippen molar-refractivity contribution in [2.75, 3.05) is 22.1 Å². The standard InChI is InChI=1S/C25H23N5O4/c1-14(31)15-6-8-18(9-7-15)26-20(32)12-19-21-22(27-23(19)33)28-25(29-24(21)34)30-11-10-16-4-2-3-5-17(16)13-30/h2-9,19H,10-13H2,1H3,(H,26,32)(H2,27,28,29,33,34)/t19-/m0/s1. The molecule has 34 heavy (non-hydrogen) atoms. The Labute approximate surface area is 195 Å². The Bertz CT molecular complexity index is 1360. The summed E-state index contributed by atoms with van der Waals surface area (Å²) < 4.78 is 0. The summed E-state index contributed by atoms with van der Waals surface area (Å²) >= 11 is 0. The number of benzene rings is 2. The number of rotatable bonds is 5. The lowest BCUT2D eigenvalue weighted by atomic mass is 9.99. The predicted molar refractivity (Wildman–Crippen MR) is 127 cm³/mol. The van der Waals surface area contributed by atoms with Crippen molar-refractivity contribution in [3.05, 3.63) is 81.1 Å². The molecule has 3 aromatic rings. The fourth-order valence-electron chi connectivity index (χ4n) is 4.43. The topological polar surface area (TPSA) is 124 Å². The molecule has 3 heterocycles. The number of nitrogens with zero attached hydrogens (tertiary/aromatic N) is 2. The Hall–Kier alpha value is -4.27. The van der Waals surface area contributed by atoms with Crippen LogP contribution in [0.1, 0.15) is 46.3 Å². The van der Waals surface area contributed by atoms with Gasteiger partial charge < -0.3 is 15.5 Å². The quantitative estimate of drug-likeness (QED) is 0.506. The zero-order valence-electron chi connectivity index (χ0n) is 18.6. The number of aromatic amines is 1. The van der Waals surface area contributed by atoms with Crippen LogP contribution in [0.15, 0.2) is 53.3 Å². The third-order valence-electron chi connectivity index (χ3n) is 6.24. The van der Waals surface area contributed by atoms with Crippen LogP contribution in [-0.2, 0) is 22.6 Å². The number of anilines is 3. The maximum Gasteiger partial charge on any atom is 0.258 e. The van der Waals surface area contributed by atoms with Crippen molar-refractivity contribution >= 4 is 35.1 Å². The molecule has 3 N–H and O–H groups in total. The van der Waals surface area contributed by atoms with Crippen LogP contribution in [-0.4, -0.2) is 34.1 Å². The van der Waals surface area contributed by atoms with E-state index < -0.39 is 23.3 Å². The second kappa shape index (κ2) is 8.58. The van der Waals surface area contributed by atoms with Gasteiger partial charge in [0.25, 0.3) is 5.56 Å². The molecule has 0 aliphatic carbocycles. The minimum atomic E-state index is -0.932. The van der Waals surface area contributed by atoms with Crippen LogP contribution in [0, 0.1) is 0 Å². The van der Waals surface area contributed by atoms with Crippen molar-refractivity contribution in [2.24, 2.45) is 0 Å². The summed E-state index contributed by atoms with van der Waals surface area (Å²) in [4.78, 5) is 58.8. The van der Waals surface area contributed by atoms with E-state index in [0.717, 1.165) is 6.42 Å². The average Bonchev–Trinajstić information content (AvgIpc) is 3.14. The van der Waals surface area contributed by atoms with E-state index in [0.29, 0.717) is 30.3 Å². The van der Waals surface area contributed by atoms with E-state index in [9.17, 15) is 19.2 Å². The van der Waals surface area contributed by atoms with E-state index in [1.165, 1.54) is 18.1 Å². The zero-order chi connectivity index (χ0) is 23.8. The van der Waals surface area contributed by atoms with Crippen LogP contribution in [0.25, 0.3) is 0 Å². The first-order valence-corrected chi connectivity index (χ1v) is 11.1. The highest BCUT2D eigenvalue weighted by atomic mass is 16.2. The Morgan fingerprint density at radius 3 is 2.56 bits per heavy atom. The summed E-state index contributed by atoms with van der Waals surface area (Å²) in [6.45, 7) is 2.77. The fourth-order valence-corrected chi connectivity index (χ4v) is 4.43. The van der Waals surface area contributed by atoms with Gasteiger partial charge in [0.05, 0.1) is 11.5 Å². The van der Waals surface area contributed by atoms with E-state index in [-0.39, 0.29) is 23.6 Å². The molecule has 2 amide bonds. The molecule has 2 aliphatic heterocycles. The summed E-state index contributed by atoms with van der Waals surface area (Å²) in [5.41, 5.74) is 3.23. The highest BCUT2D eigenvalue weighted by Crippen LogP contribution is 2.32. The first-order valence-electron chi connectivity index (χ1n) is 11.1. The lowest BCUT2D eigenvalue weighted by Crippen LogP contribution is -2.33. The molecule has 0 bridgehead atoms. The van der Waals surface area contributed by atoms with E-state index in [2.05, 4.69) is 32.7 Å².